The van der Waals surface area contributed by atoms with Gasteiger partial charge in [-0.15, -0.1) is 0 Å². The summed E-state index contributed by atoms with van der Waals surface area (Å²) in [5.74, 6) is 3.25. The van der Waals surface area contributed by atoms with Crippen molar-refractivity contribution in [1.29, 1.82) is 0 Å². The van der Waals surface area contributed by atoms with Crippen LogP contribution in [0.25, 0.3) is 0 Å². The van der Waals surface area contributed by atoms with Gasteiger partial charge in [-0.05, 0) is 85.7 Å². The summed E-state index contributed by atoms with van der Waals surface area (Å²) in [4.78, 5) is 0. The highest BCUT2D eigenvalue weighted by atomic mass is 16.5. The first-order chi connectivity index (χ1) is 11.4. The van der Waals surface area contributed by atoms with Crippen LogP contribution in [0, 0.1) is 28.6 Å². The molecule has 24 heavy (non-hydrogen) atoms. The molecular weight excluding hydrogens is 292 g/mol. The van der Waals surface area contributed by atoms with Gasteiger partial charge in [-0.25, -0.2) is 0 Å². The van der Waals surface area contributed by atoms with Gasteiger partial charge in [-0.2, -0.15) is 0 Å². The summed E-state index contributed by atoms with van der Waals surface area (Å²) in [7, 11) is 1.78. The van der Waals surface area contributed by atoms with E-state index in [-0.39, 0.29) is 0 Å². The summed E-state index contributed by atoms with van der Waals surface area (Å²) >= 11 is 0. The largest absolute Gasteiger partial charge is 0.497 e. The van der Waals surface area contributed by atoms with Gasteiger partial charge >= 0.3 is 0 Å². The fraction of sp³-hybridized carbons (Fsp3) is 0.739. The lowest BCUT2D eigenvalue weighted by Crippen LogP contribution is -2.49. The second-order valence-electron chi connectivity index (χ2n) is 9.40. The summed E-state index contributed by atoms with van der Waals surface area (Å²) in [6.07, 6.45) is 17.2. The molecule has 0 radical (unpaired) electrons. The normalized spacial score (nSPS) is 38.4. The molecular formula is C23H36O. The summed E-state index contributed by atoms with van der Waals surface area (Å²) in [5.41, 5.74) is 2.51. The van der Waals surface area contributed by atoms with Crippen LogP contribution < -0.4 is 0 Å². The lowest BCUT2D eigenvalue weighted by molar-refractivity contribution is -0.0550. The Balaban J connectivity index is 1.72. The van der Waals surface area contributed by atoms with Crippen LogP contribution in [0.1, 0.15) is 72.1 Å². The van der Waals surface area contributed by atoms with E-state index < -0.39 is 0 Å². The predicted molar refractivity (Wildman–Crippen MR) is 103 cm³/mol. The summed E-state index contributed by atoms with van der Waals surface area (Å²) < 4.78 is 5.42. The van der Waals surface area contributed by atoms with Gasteiger partial charge in [-0.1, -0.05) is 45.4 Å². The van der Waals surface area contributed by atoms with E-state index in [0.29, 0.717) is 22.7 Å². The van der Waals surface area contributed by atoms with E-state index in [9.17, 15) is 0 Å². The van der Waals surface area contributed by atoms with E-state index in [2.05, 4.69) is 45.6 Å². The fourth-order valence-corrected chi connectivity index (χ4v) is 6.24. The highest BCUT2D eigenvalue weighted by molar-refractivity contribution is 5.19. The number of hydrogen-bond acceptors (Lipinski definition) is 1. The van der Waals surface area contributed by atoms with E-state index in [1.54, 1.807) is 7.11 Å². The van der Waals surface area contributed by atoms with Crippen molar-refractivity contribution in [2.45, 2.75) is 72.1 Å². The zero-order valence-electron chi connectivity index (χ0n) is 16.2. The molecule has 0 spiro atoms. The molecule has 0 aromatic heterocycles. The van der Waals surface area contributed by atoms with Gasteiger partial charge in [0.25, 0.3) is 0 Å². The number of fused-ring (bicyclic) bond motifs is 1. The van der Waals surface area contributed by atoms with E-state index in [1.807, 2.05) is 0 Å². The Labute approximate surface area is 149 Å². The minimum atomic E-state index is 0.468. The maximum Gasteiger partial charge on any atom is 0.114 e. The second kappa shape index (κ2) is 6.73. The van der Waals surface area contributed by atoms with Crippen LogP contribution in [-0.4, -0.2) is 7.11 Å². The third-order valence-corrected chi connectivity index (χ3v) is 7.50. The van der Waals surface area contributed by atoms with E-state index in [4.69, 9.17) is 4.74 Å². The number of rotatable bonds is 4. The van der Waals surface area contributed by atoms with Crippen LogP contribution >= 0.6 is 0 Å². The predicted octanol–water partition coefficient (Wildman–Crippen LogP) is 6.67. The Morgan fingerprint density at radius 1 is 1.21 bits per heavy atom. The molecule has 1 unspecified atom stereocenters. The molecule has 1 heteroatoms. The Morgan fingerprint density at radius 3 is 2.75 bits per heavy atom. The SMILES string of the molecule is C=C1CC[C@H]2C(C)(C)CCC[C@]2(C)[C@H]1CCC1C=C(OC)C=CC1. The minimum Gasteiger partial charge on any atom is -0.497 e. The molecule has 0 N–H and O–H groups in total. The van der Waals surface area contributed by atoms with Crippen molar-refractivity contribution in [3.8, 4) is 0 Å². The maximum atomic E-state index is 5.42. The summed E-state index contributed by atoms with van der Waals surface area (Å²) in [6, 6.07) is 0. The number of ether oxygens (including phenoxy) is 1. The highest BCUT2D eigenvalue weighted by Gasteiger charge is 2.52. The van der Waals surface area contributed by atoms with Crippen LogP contribution in [-0.2, 0) is 4.74 Å². The van der Waals surface area contributed by atoms with Crippen molar-refractivity contribution in [2.24, 2.45) is 28.6 Å². The number of methoxy groups -OCH3 is 1. The summed E-state index contributed by atoms with van der Waals surface area (Å²) in [5, 5.41) is 0. The van der Waals surface area contributed by atoms with Crippen LogP contribution in [0.5, 0.6) is 0 Å². The van der Waals surface area contributed by atoms with Gasteiger partial charge in [0.2, 0.25) is 0 Å². The zero-order chi connectivity index (χ0) is 17.4. The molecule has 4 atom stereocenters. The topological polar surface area (TPSA) is 9.23 Å². The van der Waals surface area contributed by atoms with Crippen LogP contribution in [0.4, 0.5) is 0 Å². The van der Waals surface area contributed by atoms with Gasteiger partial charge in [0.05, 0.1) is 7.11 Å². The van der Waals surface area contributed by atoms with Crippen LogP contribution in [0.2, 0.25) is 0 Å². The molecule has 0 amide bonds. The monoisotopic (exact) mass is 328 g/mol. The first kappa shape index (κ1) is 17.8. The fourth-order valence-electron chi connectivity index (χ4n) is 6.24. The van der Waals surface area contributed by atoms with Crippen molar-refractivity contribution in [1.82, 2.24) is 0 Å². The molecule has 134 valence electrons. The summed E-state index contributed by atoms with van der Waals surface area (Å²) in [6.45, 7) is 12.1. The average Bonchev–Trinajstić information content (AvgIpc) is 2.53. The molecule has 0 bridgehead atoms. The van der Waals surface area contributed by atoms with Gasteiger partial charge in [0.1, 0.15) is 5.76 Å². The molecule has 0 saturated heterocycles. The smallest absolute Gasteiger partial charge is 0.114 e. The Morgan fingerprint density at radius 2 is 2.00 bits per heavy atom. The molecule has 3 aliphatic carbocycles. The molecule has 0 aromatic rings. The van der Waals surface area contributed by atoms with Crippen LogP contribution in [0.3, 0.4) is 0 Å². The maximum absolute atomic E-state index is 5.42. The van der Waals surface area contributed by atoms with E-state index >= 15 is 0 Å². The van der Waals surface area contributed by atoms with Crippen molar-refractivity contribution in [2.75, 3.05) is 7.11 Å². The first-order valence-electron chi connectivity index (χ1n) is 9.97. The third-order valence-electron chi connectivity index (χ3n) is 7.50. The Bertz CT molecular complexity index is 538. The Hall–Kier alpha value is -0.980. The van der Waals surface area contributed by atoms with Crippen molar-refractivity contribution < 1.29 is 4.74 Å². The third kappa shape index (κ3) is 3.24. The molecule has 0 aliphatic heterocycles. The van der Waals surface area contributed by atoms with Gasteiger partial charge < -0.3 is 4.74 Å². The lowest BCUT2D eigenvalue weighted by atomic mass is 9.47. The number of allylic oxidation sites excluding steroid dienone is 4. The molecule has 0 heterocycles. The van der Waals surface area contributed by atoms with Gasteiger partial charge in [-0.3, -0.25) is 0 Å². The van der Waals surface area contributed by atoms with E-state index in [0.717, 1.165) is 18.1 Å². The van der Waals surface area contributed by atoms with Crippen LogP contribution in [0.15, 0.2) is 36.1 Å². The lowest BCUT2D eigenvalue weighted by Gasteiger charge is -2.58. The van der Waals surface area contributed by atoms with Crippen molar-refractivity contribution in [3.05, 3.63) is 36.1 Å². The quantitative estimate of drug-likeness (QED) is 0.523. The molecule has 3 aliphatic rings. The molecule has 3 rings (SSSR count). The molecule has 2 saturated carbocycles. The molecule has 0 aromatic carbocycles. The van der Waals surface area contributed by atoms with Crippen molar-refractivity contribution >= 4 is 0 Å². The standard InChI is InChI=1S/C23H36O/c1-17-10-13-21-22(2,3)14-7-15-23(21,4)20(17)12-11-18-8-6-9-19(16-18)24-5/h6,9,16,18,20-21H,1,7-8,10-15H2,2-5H3/t18?,20-,21-,23+/m0/s1. The average molecular weight is 329 g/mol. The van der Waals surface area contributed by atoms with E-state index in [1.165, 1.54) is 50.5 Å². The minimum absolute atomic E-state index is 0.468. The van der Waals surface area contributed by atoms with Gasteiger partial charge in [0, 0.05) is 0 Å². The Kier molecular flexibility index (Phi) is 5.00. The molecule has 2 fully saturated rings. The van der Waals surface area contributed by atoms with Crippen molar-refractivity contribution in [3.63, 3.8) is 0 Å². The van der Waals surface area contributed by atoms with Gasteiger partial charge in [0.15, 0.2) is 0 Å². The molecule has 1 nitrogen and oxygen atoms in total. The first-order valence-corrected chi connectivity index (χ1v) is 9.97. The second-order valence-corrected chi connectivity index (χ2v) is 9.40. The highest BCUT2D eigenvalue weighted by Crippen LogP contribution is 2.61. The number of hydrogen-bond donors (Lipinski definition) is 0. The zero-order valence-corrected chi connectivity index (χ0v) is 16.2.